The van der Waals surface area contributed by atoms with E-state index in [9.17, 15) is 4.79 Å². The van der Waals surface area contributed by atoms with Gasteiger partial charge in [-0.15, -0.1) is 0 Å². The molecule has 0 aliphatic carbocycles. The monoisotopic (exact) mass is 343 g/mol. The van der Waals surface area contributed by atoms with Crippen molar-refractivity contribution < 1.29 is 9.21 Å². The number of furan rings is 1. The number of nitrogens with one attached hydrogen (secondary N) is 1. The lowest BCUT2D eigenvalue weighted by Gasteiger charge is -2.07. The summed E-state index contributed by atoms with van der Waals surface area (Å²) in [5.41, 5.74) is 3.61. The van der Waals surface area contributed by atoms with Crippen LogP contribution in [0.15, 0.2) is 51.4 Å². The maximum atomic E-state index is 12.3. The fraction of sp³-hybridized carbons (Fsp3) is 0.118. The van der Waals surface area contributed by atoms with E-state index >= 15 is 0 Å². The summed E-state index contributed by atoms with van der Waals surface area (Å²) < 4.78 is 6.48. The van der Waals surface area contributed by atoms with Crippen LogP contribution in [-0.4, -0.2) is 5.91 Å². The minimum atomic E-state index is -0.244. The Morgan fingerprint density at radius 2 is 1.95 bits per heavy atom. The molecule has 106 valence electrons. The van der Waals surface area contributed by atoms with Gasteiger partial charge in [0.25, 0.3) is 5.91 Å². The lowest BCUT2D eigenvalue weighted by atomic mass is 10.1. The van der Waals surface area contributed by atoms with Crippen molar-refractivity contribution in [2.75, 3.05) is 5.32 Å². The SMILES string of the molecule is Cc1ccc(C)c(NC(=O)c2cc3cccc(Br)c3o2)c1. The maximum Gasteiger partial charge on any atom is 0.291 e. The molecule has 3 aromatic rings. The highest BCUT2D eigenvalue weighted by Crippen LogP contribution is 2.27. The van der Waals surface area contributed by atoms with E-state index in [-0.39, 0.29) is 5.91 Å². The highest BCUT2D eigenvalue weighted by atomic mass is 79.9. The van der Waals surface area contributed by atoms with Gasteiger partial charge in [-0.05, 0) is 59.1 Å². The van der Waals surface area contributed by atoms with Crippen molar-refractivity contribution >= 4 is 38.5 Å². The van der Waals surface area contributed by atoms with Gasteiger partial charge in [-0.1, -0.05) is 24.3 Å². The number of anilines is 1. The first-order chi connectivity index (χ1) is 10.0. The molecule has 0 aliphatic rings. The van der Waals surface area contributed by atoms with Crippen molar-refractivity contribution in [1.82, 2.24) is 0 Å². The molecule has 0 radical (unpaired) electrons. The molecule has 1 N–H and O–H groups in total. The number of fused-ring (bicyclic) bond motifs is 1. The highest BCUT2D eigenvalue weighted by molar-refractivity contribution is 9.10. The zero-order chi connectivity index (χ0) is 15.0. The molecule has 21 heavy (non-hydrogen) atoms. The molecule has 0 aliphatic heterocycles. The van der Waals surface area contributed by atoms with Gasteiger partial charge in [-0.3, -0.25) is 4.79 Å². The van der Waals surface area contributed by atoms with Crippen LogP contribution >= 0.6 is 15.9 Å². The molecule has 2 aromatic carbocycles. The summed E-state index contributed by atoms with van der Waals surface area (Å²) in [4.78, 5) is 12.3. The Hall–Kier alpha value is -2.07. The van der Waals surface area contributed by atoms with E-state index in [4.69, 9.17) is 4.42 Å². The van der Waals surface area contributed by atoms with Gasteiger partial charge in [0.15, 0.2) is 5.76 Å². The van der Waals surface area contributed by atoms with E-state index in [1.54, 1.807) is 6.07 Å². The van der Waals surface area contributed by atoms with Crippen molar-refractivity contribution in [2.45, 2.75) is 13.8 Å². The number of amides is 1. The molecule has 1 aromatic heterocycles. The number of halogens is 1. The third kappa shape index (κ3) is 2.72. The van der Waals surface area contributed by atoms with Crippen LogP contribution in [0.4, 0.5) is 5.69 Å². The Bertz CT molecular complexity index is 836. The lowest BCUT2D eigenvalue weighted by molar-refractivity contribution is 0.0998. The molecule has 0 spiro atoms. The molecule has 0 unspecified atom stereocenters. The molecule has 1 heterocycles. The molecule has 1 amide bonds. The Labute approximate surface area is 131 Å². The molecule has 0 atom stereocenters. The first kappa shape index (κ1) is 13.9. The number of carbonyl (C=O) groups is 1. The minimum Gasteiger partial charge on any atom is -0.450 e. The molecular formula is C17H14BrNO2. The van der Waals surface area contributed by atoms with Crippen molar-refractivity contribution in [3.63, 3.8) is 0 Å². The van der Waals surface area contributed by atoms with Crippen LogP contribution in [0.5, 0.6) is 0 Å². The number of carbonyl (C=O) groups excluding carboxylic acids is 1. The number of hydrogen-bond donors (Lipinski definition) is 1. The van der Waals surface area contributed by atoms with Crippen molar-refractivity contribution in [3.8, 4) is 0 Å². The molecule has 0 saturated heterocycles. The fourth-order valence-corrected chi connectivity index (χ4v) is 2.66. The van der Waals surface area contributed by atoms with Crippen LogP contribution in [0.25, 0.3) is 11.0 Å². The third-order valence-corrected chi connectivity index (χ3v) is 3.99. The second-order valence-electron chi connectivity index (χ2n) is 5.04. The Morgan fingerprint density at radius 3 is 2.71 bits per heavy atom. The van der Waals surface area contributed by atoms with Crippen molar-refractivity contribution in [3.05, 3.63) is 63.8 Å². The molecule has 0 fully saturated rings. The summed E-state index contributed by atoms with van der Waals surface area (Å²) >= 11 is 3.42. The van der Waals surface area contributed by atoms with Crippen molar-refractivity contribution in [1.29, 1.82) is 0 Å². The fourth-order valence-electron chi connectivity index (χ4n) is 2.19. The van der Waals surface area contributed by atoms with Gasteiger partial charge in [0.05, 0.1) is 4.47 Å². The summed E-state index contributed by atoms with van der Waals surface area (Å²) in [5, 5.41) is 3.80. The van der Waals surface area contributed by atoms with Crippen LogP contribution in [0.2, 0.25) is 0 Å². The summed E-state index contributed by atoms with van der Waals surface area (Å²) in [5.74, 6) is 0.0598. The van der Waals surface area contributed by atoms with E-state index in [0.29, 0.717) is 11.3 Å². The van der Waals surface area contributed by atoms with Gasteiger partial charge in [0.2, 0.25) is 0 Å². The van der Waals surface area contributed by atoms with E-state index < -0.39 is 0 Å². The standard InChI is InChI=1S/C17H14BrNO2/c1-10-6-7-11(2)14(8-10)19-17(20)15-9-12-4-3-5-13(18)16(12)21-15/h3-9H,1-2H3,(H,19,20). The topological polar surface area (TPSA) is 42.2 Å². The number of hydrogen-bond acceptors (Lipinski definition) is 2. The quantitative estimate of drug-likeness (QED) is 0.706. The number of para-hydroxylation sites is 1. The van der Waals surface area contributed by atoms with Gasteiger partial charge in [-0.25, -0.2) is 0 Å². The van der Waals surface area contributed by atoms with Crippen LogP contribution in [-0.2, 0) is 0 Å². The predicted molar refractivity (Wildman–Crippen MR) is 87.8 cm³/mol. The average Bonchev–Trinajstić information content (AvgIpc) is 2.88. The zero-order valence-corrected chi connectivity index (χ0v) is 13.3. The zero-order valence-electron chi connectivity index (χ0n) is 11.7. The van der Waals surface area contributed by atoms with E-state index in [1.807, 2.05) is 50.2 Å². The van der Waals surface area contributed by atoms with Crippen molar-refractivity contribution in [2.24, 2.45) is 0 Å². The summed E-state index contributed by atoms with van der Waals surface area (Å²) in [6, 6.07) is 13.4. The number of benzene rings is 2. The predicted octanol–water partition coefficient (Wildman–Crippen LogP) is 5.06. The molecule has 0 bridgehead atoms. The summed E-state index contributed by atoms with van der Waals surface area (Å²) in [6.45, 7) is 3.96. The maximum absolute atomic E-state index is 12.3. The average molecular weight is 344 g/mol. The van der Waals surface area contributed by atoms with E-state index in [0.717, 1.165) is 26.7 Å². The van der Waals surface area contributed by atoms with Gasteiger partial charge in [0.1, 0.15) is 5.58 Å². The van der Waals surface area contributed by atoms with Crippen LogP contribution < -0.4 is 5.32 Å². The van der Waals surface area contributed by atoms with Gasteiger partial charge >= 0.3 is 0 Å². The lowest BCUT2D eigenvalue weighted by Crippen LogP contribution is -2.11. The van der Waals surface area contributed by atoms with Gasteiger partial charge in [0, 0.05) is 11.1 Å². The summed E-state index contributed by atoms with van der Waals surface area (Å²) in [7, 11) is 0. The Morgan fingerprint density at radius 1 is 1.14 bits per heavy atom. The normalized spacial score (nSPS) is 10.8. The van der Waals surface area contributed by atoms with Crippen LogP contribution in [0.3, 0.4) is 0 Å². The molecular weight excluding hydrogens is 330 g/mol. The van der Waals surface area contributed by atoms with Gasteiger partial charge < -0.3 is 9.73 Å². The van der Waals surface area contributed by atoms with Crippen LogP contribution in [0, 0.1) is 13.8 Å². The van der Waals surface area contributed by atoms with E-state index in [1.165, 1.54) is 0 Å². The second-order valence-corrected chi connectivity index (χ2v) is 5.90. The Kier molecular flexibility index (Phi) is 3.55. The van der Waals surface area contributed by atoms with E-state index in [2.05, 4.69) is 21.2 Å². The first-order valence-corrected chi connectivity index (χ1v) is 7.40. The number of aryl methyl sites for hydroxylation is 2. The van der Waals surface area contributed by atoms with Gasteiger partial charge in [-0.2, -0.15) is 0 Å². The summed E-state index contributed by atoms with van der Waals surface area (Å²) in [6.07, 6.45) is 0. The van der Waals surface area contributed by atoms with Crippen LogP contribution in [0.1, 0.15) is 21.7 Å². The number of rotatable bonds is 2. The molecule has 3 rings (SSSR count). The highest BCUT2D eigenvalue weighted by Gasteiger charge is 2.14. The molecule has 4 heteroatoms. The Balaban J connectivity index is 1.93. The largest absolute Gasteiger partial charge is 0.450 e. The molecule has 0 saturated carbocycles. The second kappa shape index (κ2) is 5.37. The minimum absolute atomic E-state index is 0.244. The first-order valence-electron chi connectivity index (χ1n) is 6.61. The third-order valence-electron chi connectivity index (χ3n) is 3.36. The smallest absolute Gasteiger partial charge is 0.291 e. The molecule has 3 nitrogen and oxygen atoms in total.